The van der Waals surface area contributed by atoms with Crippen molar-refractivity contribution in [2.24, 2.45) is 0 Å². The van der Waals surface area contributed by atoms with Crippen LogP contribution in [0.3, 0.4) is 0 Å². The summed E-state index contributed by atoms with van der Waals surface area (Å²) in [5, 5.41) is 5.07. The number of ether oxygens (including phenoxy) is 1. The zero-order valence-corrected chi connectivity index (χ0v) is 13.0. The molecule has 1 N–H and O–H groups in total. The number of hydrogen-bond donors (Lipinski definition) is 1. The van der Waals surface area contributed by atoms with Gasteiger partial charge in [0.15, 0.2) is 0 Å². The molecule has 1 fully saturated rings. The topological polar surface area (TPSA) is 41.6 Å². The molecule has 4 nitrogen and oxygen atoms in total. The third-order valence-corrected chi connectivity index (χ3v) is 4.53. The SMILES string of the molecule is CCN(CC1CCCCO1)C(=O)NCCc1cccs1. The summed E-state index contributed by atoms with van der Waals surface area (Å²) in [6.07, 6.45) is 4.55. The minimum Gasteiger partial charge on any atom is -0.376 e. The van der Waals surface area contributed by atoms with E-state index in [9.17, 15) is 4.79 Å². The molecule has 0 aliphatic carbocycles. The Morgan fingerprint density at radius 3 is 3.10 bits per heavy atom. The largest absolute Gasteiger partial charge is 0.376 e. The molecule has 1 aliphatic rings. The maximum Gasteiger partial charge on any atom is 0.317 e. The first kappa shape index (κ1) is 15.3. The number of amides is 2. The Morgan fingerprint density at radius 2 is 2.45 bits per heavy atom. The first-order valence-corrected chi connectivity index (χ1v) is 8.34. The van der Waals surface area contributed by atoms with E-state index in [0.29, 0.717) is 13.1 Å². The fourth-order valence-electron chi connectivity index (χ4n) is 2.41. The minimum absolute atomic E-state index is 0.0261. The van der Waals surface area contributed by atoms with Crippen LogP contribution in [0.4, 0.5) is 4.79 Å². The lowest BCUT2D eigenvalue weighted by Crippen LogP contribution is -2.45. The monoisotopic (exact) mass is 296 g/mol. The fourth-order valence-corrected chi connectivity index (χ4v) is 3.12. The van der Waals surface area contributed by atoms with Gasteiger partial charge in [0.05, 0.1) is 6.10 Å². The first-order chi connectivity index (χ1) is 9.79. The molecule has 1 unspecified atom stereocenters. The smallest absolute Gasteiger partial charge is 0.317 e. The summed E-state index contributed by atoms with van der Waals surface area (Å²) < 4.78 is 5.70. The van der Waals surface area contributed by atoms with Crippen LogP contribution in [0.2, 0.25) is 0 Å². The molecule has 0 spiro atoms. The Kier molecular flexibility index (Phi) is 6.33. The van der Waals surface area contributed by atoms with Crippen LogP contribution in [0.1, 0.15) is 31.1 Å². The molecule has 112 valence electrons. The highest BCUT2D eigenvalue weighted by Gasteiger charge is 2.20. The second-order valence-electron chi connectivity index (χ2n) is 5.09. The van der Waals surface area contributed by atoms with E-state index in [-0.39, 0.29) is 12.1 Å². The summed E-state index contributed by atoms with van der Waals surface area (Å²) in [6, 6.07) is 4.17. The molecule has 0 radical (unpaired) electrons. The molecule has 1 atom stereocenters. The normalized spacial score (nSPS) is 18.8. The molecule has 1 aliphatic heterocycles. The standard InChI is InChI=1S/C15H24N2O2S/c1-2-17(12-13-6-3-4-10-19-13)15(18)16-9-8-14-7-5-11-20-14/h5,7,11,13H,2-4,6,8-10,12H2,1H3,(H,16,18). The molecule has 0 bridgehead atoms. The van der Waals surface area contributed by atoms with Crippen molar-refractivity contribution in [1.82, 2.24) is 10.2 Å². The number of likely N-dealkylation sites (N-methyl/N-ethyl adjacent to an activating group) is 1. The number of thiophene rings is 1. The van der Waals surface area contributed by atoms with Crippen LogP contribution in [-0.2, 0) is 11.2 Å². The average Bonchev–Trinajstić information content (AvgIpc) is 2.99. The Hall–Kier alpha value is -1.07. The van der Waals surface area contributed by atoms with Crippen molar-refractivity contribution in [3.63, 3.8) is 0 Å². The third-order valence-electron chi connectivity index (χ3n) is 3.59. The van der Waals surface area contributed by atoms with E-state index in [1.165, 1.54) is 11.3 Å². The first-order valence-electron chi connectivity index (χ1n) is 7.46. The number of hydrogen-bond acceptors (Lipinski definition) is 3. The number of carbonyl (C=O) groups excluding carboxylic acids is 1. The highest BCUT2D eigenvalue weighted by atomic mass is 32.1. The lowest BCUT2D eigenvalue weighted by atomic mass is 10.1. The Labute approximate surface area is 125 Å². The van der Waals surface area contributed by atoms with Crippen LogP contribution in [0.5, 0.6) is 0 Å². The van der Waals surface area contributed by atoms with Gasteiger partial charge in [-0.15, -0.1) is 11.3 Å². The Morgan fingerprint density at radius 1 is 1.55 bits per heavy atom. The summed E-state index contributed by atoms with van der Waals surface area (Å²) >= 11 is 1.73. The molecule has 1 aromatic heterocycles. The molecule has 2 heterocycles. The van der Waals surface area contributed by atoms with Crippen molar-refractivity contribution in [2.75, 3.05) is 26.2 Å². The molecule has 5 heteroatoms. The molecule has 1 aromatic rings. The molecule has 0 saturated carbocycles. The zero-order chi connectivity index (χ0) is 14.2. The molecule has 20 heavy (non-hydrogen) atoms. The lowest BCUT2D eigenvalue weighted by Gasteiger charge is -2.29. The van der Waals surface area contributed by atoms with Gasteiger partial charge in [0.1, 0.15) is 0 Å². The van der Waals surface area contributed by atoms with Gasteiger partial charge in [-0.1, -0.05) is 6.07 Å². The second kappa shape index (κ2) is 8.27. The predicted octanol–water partition coefficient (Wildman–Crippen LogP) is 2.89. The van der Waals surface area contributed by atoms with Crippen LogP contribution >= 0.6 is 11.3 Å². The van der Waals surface area contributed by atoms with Crippen molar-refractivity contribution in [2.45, 2.75) is 38.7 Å². The number of urea groups is 1. The van der Waals surface area contributed by atoms with Crippen LogP contribution in [0.15, 0.2) is 17.5 Å². The predicted molar refractivity (Wildman–Crippen MR) is 82.3 cm³/mol. The molecule has 1 saturated heterocycles. The summed E-state index contributed by atoms with van der Waals surface area (Å²) in [4.78, 5) is 15.3. The van der Waals surface area contributed by atoms with Crippen molar-refractivity contribution >= 4 is 17.4 Å². The maximum atomic E-state index is 12.1. The van der Waals surface area contributed by atoms with Gasteiger partial charge in [-0.2, -0.15) is 0 Å². The van der Waals surface area contributed by atoms with E-state index >= 15 is 0 Å². The van der Waals surface area contributed by atoms with Crippen LogP contribution in [0.25, 0.3) is 0 Å². The second-order valence-corrected chi connectivity index (χ2v) is 6.12. The van der Waals surface area contributed by atoms with Gasteiger partial charge in [-0.05, 0) is 44.1 Å². The Bertz CT molecular complexity index is 389. The van der Waals surface area contributed by atoms with Gasteiger partial charge < -0.3 is 15.0 Å². The van der Waals surface area contributed by atoms with E-state index in [4.69, 9.17) is 4.74 Å². The van der Waals surface area contributed by atoms with Gasteiger partial charge in [0.25, 0.3) is 0 Å². The maximum absolute atomic E-state index is 12.1. The summed E-state index contributed by atoms with van der Waals surface area (Å²) in [6.45, 7) is 4.98. The molecule has 2 rings (SSSR count). The zero-order valence-electron chi connectivity index (χ0n) is 12.1. The molecule has 2 amide bonds. The third kappa shape index (κ3) is 4.80. The number of nitrogens with one attached hydrogen (secondary N) is 1. The quantitative estimate of drug-likeness (QED) is 0.877. The van der Waals surface area contributed by atoms with E-state index in [2.05, 4.69) is 16.8 Å². The van der Waals surface area contributed by atoms with Gasteiger partial charge in [0.2, 0.25) is 0 Å². The van der Waals surface area contributed by atoms with E-state index in [0.717, 1.165) is 32.4 Å². The fraction of sp³-hybridized carbons (Fsp3) is 0.667. The highest BCUT2D eigenvalue weighted by molar-refractivity contribution is 7.09. The minimum atomic E-state index is 0.0261. The van der Waals surface area contributed by atoms with E-state index < -0.39 is 0 Å². The van der Waals surface area contributed by atoms with Crippen LogP contribution in [-0.4, -0.2) is 43.3 Å². The van der Waals surface area contributed by atoms with E-state index in [1.807, 2.05) is 17.9 Å². The van der Waals surface area contributed by atoms with Gasteiger partial charge >= 0.3 is 6.03 Å². The van der Waals surface area contributed by atoms with Crippen molar-refractivity contribution in [3.8, 4) is 0 Å². The van der Waals surface area contributed by atoms with Gasteiger partial charge in [-0.3, -0.25) is 0 Å². The number of carbonyl (C=O) groups is 1. The number of rotatable bonds is 6. The average molecular weight is 296 g/mol. The highest BCUT2D eigenvalue weighted by Crippen LogP contribution is 2.14. The number of nitrogens with zero attached hydrogens (tertiary/aromatic N) is 1. The van der Waals surface area contributed by atoms with Crippen molar-refractivity contribution in [3.05, 3.63) is 22.4 Å². The van der Waals surface area contributed by atoms with Gasteiger partial charge in [-0.25, -0.2) is 4.79 Å². The van der Waals surface area contributed by atoms with Crippen LogP contribution in [0, 0.1) is 0 Å². The van der Waals surface area contributed by atoms with E-state index in [1.54, 1.807) is 11.3 Å². The lowest BCUT2D eigenvalue weighted by molar-refractivity contribution is 0.00136. The molecular formula is C15H24N2O2S. The Balaban J connectivity index is 1.70. The summed E-state index contributed by atoms with van der Waals surface area (Å²) in [5.74, 6) is 0. The van der Waals surface area contributed by atoms with Crippen molar-refractivity contribution in [1.29, 1.82) is 0 Å². The van der Waals surface area contributed by atoms with Crippen molar-refractivity contribution < 1.29 is 9.53 Å². The van der Waals surface area contributed by atoms with Gasteiger partial charge in [0, 0.05) is 31.1 Å². The summed E-state index contributed by atoms with van der Waals surface area (Å²) in [7, 11) is 0. The molecule has 0 aromatic carbocycles. The summed E-state index contributed by atoms with van der Waals surface area (Å²) in [5.41, 5.74) is 0. The van der Waals surface area contributed by atoms with Crippen LogP contribution < -0.4 is 5.32 Å². The molecular weight excluding hydrogens is 272 g/mol.